The zero-order chi connectivity index (χ0) is 19.4. The van der Waals surface area contributed by atoms with Crippen molar-refractivity contribution >= 4 is 11.0 Å². The second kappa shape index (κ2) is 6.12. The molecule has 1 aliphatic carbocycles. The first-order valence-electron chi connectivity index (χ1n) is 9.30. The quantitative estimate of drug-likeness (QED) is 0.545. The number of imidazole rings is 1. The van der Waals surface area contributed by atoms with E-state index in [2.05, 4.69) is 43.8 Å². The molecule has 28 heavy (non-hydrogen) atoms. The van der Waals surface area contributed by atoms with Crippen LogP contribution in [0.4, 0.5) is 0 Å². The maximum Gasteiger partial charge on any atom is 0.318 e. The van der Waals surface area contributed by atoms with Crippen LogP contribution < -0.4 is 4.74 Å². The number of para-hydroxylation sites is 2. The molecule has 4 aromatic rings. The molecule has 2 unspecified atom stereocenters. The molecule has 0 spiro atoms. The van der Waals surface area contributed by atoms with Gasteiger partial charge in [-0.1, -0.05) is 12.1 Å². The maximum atomic E-state index is 5.35. The highest BCUT2D eigenvalue weighted by atomic mass is 16.5. The molecule has 3 heterocycles. The number of hydrogen-bond donors (Lipinski definition) is 0. The van der Waals surface area contributed by atoms with Gasteiger partial charge in [0.25, 0.3) is 0 Å². The third kappa shape index (κ3) is 2.64. The summed E-state index contributed by atoms with van der Waals surface area (Å²) in [6, 6.07) is 10.5. The van der Waals surface area contributed by atoms with Gasteiger partial charge >= 0.3 is 6.01 Å². The molecule has 3 aromatic heterocycles. The molecule has 0 amide bonds. The van der Waals surface area contributed by atoms with Gasteiger partial charge in [-0.2, -0.15) is 14.6 Å². The van der Waals surface area contributed by atoms with Gasteiger partial charge < -0.3 is 9.30 Å². The lowest BCUT2D eigenvalue weighted by atomic mass is 10.2. The van der Waals surface area contributed by atoms with E-state index in [9.17, 15) is 0 Å². The highest BCUT2D eigenvalue weighted by molar-refractivity contribution is 5.76. The molecule has 1 saturated carbocycles. The van der Waals surface area contributed by atoms with Gasteiger partial charge in [0.1, 0.15) is 17.5 Å². The fraction of sp³-hybridized carbons (Fsp3) is 0.350. The topological polar surface area (TPSA) is 83.5 Å². The van der Waals surface area contributed by atoms with Crippen molar-refractivity contribution in [2.24, 2.45) is 7.05 Å². The Morgan fingerprint density at radius 1 is 1.04 bits per heavy atom. The standard InChI is InChI=1S/C20H21N7O/c1-11-21-12(2)27(25-11)18-10-16(23-20(24-18)28-4)13-9-14(13)19-22-15-7-5-6-8-17(15)26(19)3/h5-8,10,13-14H,9H2,1-4H3. The SMILES string of the molecule is COc1nc(C2CC2c2nc3ccccc3n2C)cc(-n2nc(C)nc2C)n1. The van der Waals surface area contributed by atoms with E-state index in [0.717, 1.165) is 34.8 Å². The van der Waals surface area contributed by atoms with Crippen molar-refractivity contribution in [2.75, 3.05) is 7.11 Å². The first-order valence-corrected chi connectivity index (χ1v) is 9.30. The van der Waals surface area contributed by atoms with E-state index < -0.39 is 0 Å². The molecule has 142 valence electrons. The van der Waals surface area contributed by atoms with Crippen LogP contribution in [0.3, 0.4) is 0 Å². The molecule has 0 N–H and O–H groups in total. The normalized spacial score (nSPS) is 18.6. The van der Waals surface area contributed by atoms with Gasteiger partial charge in [0.2, 0.25) is 0 Å². The first kappa shape index (κ1) is 16.9. The fourth-order valence-electron chi connectivity index (χ4n) is 3.86. The monoisotopic (exact) mass is 375 g/mol. The number of rotatable bonds is 4. The molecule has 5 rings (SSSR count). The molecule has 2 atom stereocenters. The molecule has 0 saturated heterocycles. The van der Waals surface area contributed by atoms with E-state index in [1.54, 1.807) is 11.8 Å². The summed E-state index contributed by atoms with van der Waals surface area (Å²) < 4.78 is 9.27. The summed E-state index contributed by atoms with van der Waals surface area (Å²) in [5, 5.41) is 4.44. The summed E-state index contributed by atoms with van der Waals surface area (Å²) in [4.78, 5) is 18.3. The number of aryl methyl sites for hydroxylation is 3. The summed E-state index contributed by atoms with van der Waals surface area (Å²) in [7, 11) is 3.66. The van der Waals surface area contributed by atoms with Gasteiger partial charge in [-0.3, -0.25) is 0 Å². The van der Waals surface area contributed by atoms with Crippen LogP contribution in [-0.4, -0.2) is 41.4 Å². The zero-order valence-electron chi connectivity index (χ0n) is 16.3. The summed E-state index contributed by atoms with van der Waals surface area (Å²) in [6.07, 6.45) is 1.01. The van der Waals surface area contributed by atoms with Crippen molar-refractivity contribution < 1.29 is 4.74 Å². The van der Waals surface area contributed by atoms with E-state index in [4.69, 9.17) is 9.72 Å². The molecule has 8 heteroatoms. The average molecular weight is 375 g/mol. The summed E-state index contributed by atoms with van der Waals surface area (Å²) in [6.45, 7) is 3.78. The molecule has 0 bridgehead atoms. The molecule has 0 radical (unpaired) electrons. The first-order chi connectivity index (χ1) is 13.5. The van der Waals surface area contributed by atoms with Crippen molar-refractivity contribution in [3.63, 3.8) is 0 Å². The van der Waals surface area contributed by atoms with Crippen LogP contribution in [0.25, 0.3) is 16.9 Å². The number of nitrogens with zero attached hydrogens (tertiary/aromatic N) is 7. The van der Waals surface area contributed by atoms with Crippen molar-refractivity contribution in [2.45, 2.75) is 32.1 Å². The predicted octanol–water partition coefficient (Wildman–Crippen LogP) is 2.84. The van der Waals surface area contributed by atoms with E-state index in [0.29, 0.717) is 23.6 Å². The van der Waals surface area contributed by atoms with Crippen LogP contribution in [0.15, 0.2) is 30.3 Å². The minimum Gasteiger partial charge on any atom is -0.467 e. The smallest absolute Gasteiger partial charge is 0.318 e. The Bertz CT molecular complexity index is 1190. The highest BCUT2D eigenvalue weighted by Gasteiger charge is 2.44. The van der Waals surface area contributed by atoms with Crippen molar-refractivity contribution in [3.8, 4) is 11.8 Å². The molecular formula is C20H21N7O. The lowest BCUT2D eigenvalue weighted by molar-refractivity contribution is 0.376. The van der Waals surface area contributed by atoms with Crippen molar-refractivity contribution in [3.05, 3.63) is 53.5 Å². The van der Waals surface area contributed by atoms with E-state index in [1.807, 2.05) is 32.0 Å². The fourth-order valence-corrected chi connectivity index (χ4v) is 3.86. The van der Waals surface area contributed by atoms with Crippen molar-refractivity contribution in [1.29, 1.82) is 0 Å². The minimum atomic E-state index is 0.288. The molecule has 1 fully saturated rings. The molecule has 1 aromatic carbocycles. The Morgan fingerprint density at radius 3 is 2.57 bits per heavy atom. The molecular weight excluding hydrogens is 354 g/mol. The lowest BCUT2D eigenvalue weighted by Crippen LogP contribution is -2.07. The number of hydrogen-bond acceptors (Lipinski definition) is 6. The van der Waals surface area contributed by atoms with Crippen molar-refractivity contribution in [1.82, 2.24) is 34.3 Å². The van der Waals surface area contributed by atoms with Gasteiger partial charge in [-0.25, -0.2) is 9.97 Å². The molecule has 1 aliphatic rings. The average Bonchev–Trinajstić information content (AvgIpc) is 3.33. The molecule has 0 aliphatic heterocycles. The number of methoxy groups -OCH3 is 1. The Balaban J connectivity index is 1.52. The zero-order valence-corrected chi connectivity index (χ0v) is 16.3. The Morgan fingerprint density at radius 2 is 1.86 bits per heavy atom. The van der Waals surface area contributed by atoms with E-state index in [-0.39, 0.29) is 5.92 Å². The van der Waals surface area contributed by atoms with Crippen LogP contribution in [0.2, 0.25) is 0 Å². The highest BCUT2D eigenvalue weighted by Crippen LogP contribution is 2.54. The lowest BCUT2D eigenvalue weighted by Gasteiger charge is -2.08. The Labute approximate surface area is 162 Å². The summed E-state index contributed by atoms with van der Waals surface area (Å²) >= 11 is 0. The van der Waals surface area contributed by atoms with Crippen LogP contribution in [0.5, 0.6) is 6.01 Å². The third-order valence-corrected chi connectivity index (χ3v) is 5.31. The van der Waals surface area contributed by atoms with Gasteiger partial charge in [-0.05, 0) is 32.4 Å². The Hall–Kier alpha value is -3.29. The van der Waals surface area contributed by atoms with Gasteiger partial charge in [0.15, 0.2) is 5.82 Å². The van der Waals surface area contributed by atoms with Crippen LogP contribution in [0.1, 0.15) is 41.4 Å². The Kier molecular flexibility index (Phi) is 3.68. The number of aromatic nitrogens is 7. The number of fused-ring (bicyclic) bond motifs is 1. The van der Waals surface area contributed by atoms with Gasteiger partial charge in [0.05, 0.1) is 23.8 Å². The minimum absolute atomic E-state index is 0.288. The second-order valence-corrected chi connectivity index (χ2v) is 7.22. The van der Waals surface area contributed by atoms with Crippen LogP contribution in [-0.2, 0) is 7.05 Å². The van der Waals surface area contributed by atoms with Crippen LogP contribution >= 0.6 is 0 Å². The third-order valence-electron chi connectivity index (χ3n) is 5.31. The largest absolute Gasteiger partial charge is 0.467 e. The second-order valence-electron chi connectivity index (χ2n) is 7.22. The van der Waals surface area contributed by atoms with Crippen LogP contribution in [0, 0.1) is 13.8 Å². The number of benzene rings is 1. The molecule has 8 nitrogen and oxygen atoms in total. The van der Waals surface area contributed by atoms with Gasteiger partial charge in [0, 0.05) is 24.9 Å². The number of ether oxygens (including phenoxy) is 1. The van der Waals surface area contributed by atoms with E-state index in [1.165, 1.54) is 0 Å². The van der Waals surface area contributed by atoms with E-state index >= 15 is 0 Å². The maximum absolute atomic E-state index is 5.35. The summed E-state index contributed by atoms with van der Waals surface area (Å²) in [5.41, 5.74) is 3.13. The summed E-state index contributed by atoms with van der Waals surface area (Å²) in [5.74, 6) is 3.89. The predicted molar refractivity (Wildman–Crippen MR) is 104 cm³/mol. The van der Waals surface area contributed by atoms with Gasteiger partial charge in [-0.15, -0.1) is 5.10 Å².